The van der Waals surface area contributed by atoms with E-state index < -0.39 is 16.6 Å². The Hall–Kier alpha value is -2.85. The largest absolute Gasteiger partial charge is 0.768 e. The van der Waals surface area contributed by atoms with Crippen molar-refractivity contribution in [1.29, 1.82) is 0 Å². The minimum Gasteiger partial charge on any atom is -0.768 e. The first-order chi connectivity index (χ1) is 15.0. The number of hydrogen-bond donors (Lipinski definition) is 1. The van der Waals surface area contributed by atoms with Crippen LogP contribution in [-0.2, 0) is 16.6 Å². The van der Waals surface area contributed by atoms with Gasteiger partial charge in [0.05, 0.1) is 0 Å². The van der Waals surface area contributed by atoms with E-state index in [0.717, 1.165) is 30.5 Å². The zero-order chi connectivity index (χ0) is 21.6. The van der Waals surface area contributed by atoms with E-state index in [2.05, 4.69) is 15.4 Å². The Morgan fingerprint density at radius 1 is 1.23 bits per heavy atom. The Bertz CT molecular complexity index is 1190. The second kappa shape index (κ2) is 7.69. The fraction of sp³-hybridized carbons (Fsp3) is 0.381. The Kier molecular flexibility index (Phi) is 4.98. The van der Waals surface area contributed by atoms with Gasteiger partial charge in [-0.1, -0.05) is 19.3 Å². The maximum absolute atomic E-state index is 15.4. The van der Waals surface area contributed by atoms with Gasteiger partial charge in [0.25, 0.3) is 0 Å². The number of anilines is 3. The van der Waals surface area contributed by atoms with Gasteiger partial charge in [-0.2, -0.15) is 9.37 Å². The molecule has 1 aliphatic carbocycles. The molecule has 5 rings (SSSR count). The molecule has 2 aromatic heterocycles. The molecule has 3 aromatic rings. The maximum Gasteiger partial charge on any atom is 0.233 e. The van der Waals surface area contributed by atoms with Gasteiger partial charge in [-0.3, -0.25) is 8.78 Å². The first kappa shape index (κ1) is 20.1. The predicted molar refractivity (Wildman–Crippen MR) is 117 cm³/mol. The average molecular weight is 442 g/mol. The van der Waals surface area contributed by atoms with Gasteiger partial charge in [-0.15, -0.1) is 5.10 Å². The number of halogens is 1. The lowest BCUT2D eigenvalue weighted by Gasteiger charge is -2.42. The zero-order valence-electron chi connectivity index (χ0n) is 17.0. The molecule has 1 aliphatic heterocycles. The number of nitrogens with one attached hydrogen (secondary N) is 1. The summed E-state index contributed by atoms with van der Waals surface area (Å²) in [5.41, 5.74) is 0.524. The molecule has 2 aliphatic rings. The van der Waals surface area contributed by atoms with E-state index in [1.807, 2.05) is 17.6 Å². The highest BCUT2D eigenvalue weighted by atomic mass is 32.2. The molecule has 0 radical (unpaired) electrons. The van der Waals surface area contributed by atoms with E-state index in [1.54, 1.807) is 23.3 Å². The van der Waals surface area contributed by atoms with E-state index in [9.17, 15) is 8.76 Å². The van der Waals surface area contributed by atoms with Crippen LogP contribution in [0.5, 0.6) is 0 Å². The number of benzene rings is 1. The highest BCUT2D eigenvalue weighted by Crippen LogP contribution is 2.45. The Labute approximate surface area is 181 Å². The molecule has 3 heterocycles. The van der Waals surface area contributed by atoms with Crippen molar-refractivity contribution in [2.75, 3.05) is 16.9 Å². The molecule has 1 spiro atoms. The molecule has 31 heavy (non-hydrogen) atoms. The highest BCUT2D eigenvalue weighted by Gasteiger charge is 2.46. The summed E-state index contributed by atoms with van der Waals surface area (Å²) >= 11 is -2.28. The third-order valence-electron chi connectivity index (χ3n) is 6.09. The quantitative estimate of drug-likeness (QED) is 0.610. The molecule has 8 nitrogen and oxygen atoms in total. The molecule has 1 saturated carbocycles. The van der Waals surface area contributed by atoms with Gasteiger partial charge in [0.2, 0.25) is 11.9 Å². The smallest absolute Gasteiger partial charge is 0.233 e. The average Bonchev–Trinajstić information content (AvgIpc) is 3.17. The summed E-state index contributed by atoms with van der Waals surface area (Å²) < 4.78 is 39.5. The van der Waals surface area contributed by atoms with Crippen molar-refractivity contribution < 1.29 is 13.2 Å². The summed E-state index contributed by atoms with van der Waals surface area (Å²) in [6.45, 7) is 2.49. The van der Waals surface area contributed by atoms with Crippen LogP contribution in [0.2, 0.25) is 0 Å². The van der Waals surface area contributed by atoms with E-state index in [0.29, 0.717) is 36.7 Å². The topological polar surface area (TPSA) is 98.5 Å². The van der Waals surface area contributed by atoms with Crippen molar-refractivity contribution >= 4 is 45.5 Å². The molecule has 1 N–H and O–H groups in total. The summed E-state index contributed by atoms with van der Waals surface area (Å²) in [6.07, 6.45) is 6.08. The third kappa shape index (κ3) is 3.30. The Morgan fingerprint density at radius 3 is 2.65 bits per heavy atom. The number of nitrogens with zero attached hydrogens (tertiary/aromatic N) is 5. The van der Waals surface area contributed by atoms with Crippen LogP contribution in [0.25, 0.3) is 11.0 Å². The number of rotatable bonds is 4. The van der Waals surface area contributed by atoms with Gasteiger partial charge >= 0.3 is 0 Å². The number of hydrazone groups is 1. The number of hydrogen-bond acceptors (Lipinski definition) is 7. The van der Waals surface area contributed by atoms with Gasteiger partial charge in [0.1, 0.15) is 17.0 Å². The monoisotopic (exact) mass is 441 g/mol. The van der Waals surface area contributed by atoms with E-state index in [1.165, 1.54) is 12.1 Å². The van der Waals surface area contributed by atoms with Gasteiger partial charge in [0, 0.05) is 28.7 Å². The minimum atomic E-state index is -2.28. The predicted octanol–water partition coefficient (Wildman–Crippen LogP) is 4.20. The van der Waals surface area contributed by atoms with Crippen LogP contribution < -0.4 is 10.3 Å². The molecule has 0 bridgehead atoms. The molecule has 1 fully saturated rings. The second-order valence-electron chi connectivity index (χ2n) is 7.89. The van der Waals surface area contributed by atoms with Gasteiger partial charge in [-0.25, -0.2) is 9.99 Å². The zero-order valence-corrected chi connectivity index (χ0v) is 17.9. The normalized spacial score (nSPS) is 18.7. The van der Waals surface area contributed by atoms with Gasteiger partial charge in [0.15, 0.2) is 0 Å². The van der Waals surface area contributed by atoms with Crippen LogP contribution in [0.1, 0.15) is 39.0 Å². The summed E-state index contributed by atoms with van der Waals surface area (Å²) in [4.78, 5) is 9.33. The van der Waals surface area contributed by atoms with Crippen LogP contribution in [0.15, 0.2) is 46.5 Å². The van der Waals surface area contributed by atoms with E-state index >= 15 is 4.39 Å². The van der Waals surface area contributed by atoms with Crippen molar-refractivity contribution in [3.63, 3.8) is 0 Å². The standard InChI is InChI=1S/C21H23FN6O2S/c1-2-27-17-12-14-13-23-20(24-15-6-8-16(9-7-15)31(29)30)25-18(14)28(17)21(19(22)26-27)10-4-3-5-11-21/h6-9,12-13H,2-5,10-11H2,1H3,(H,29,30)(H,23,24,25)/p-1. The number of aromatic nitrogens is 3. The van der Waals surface area contributed by atoms with E-state index in [4.69, 9.17) is 4.98 Å². The SMILES string of the molecule is CCN1N=C(F)C2(CCCCC2)n2c1cc1cnc(Nc3ccc(S(=O)[O-])cc3)nc12. The lowest BCUT2D eigenvalue weighted by atomic mass is 9.81. The molecular weight excluding hydrogens is 419 g/mol. The summed E-state index contributed by atoms with van der Waals surface area (Å²) in [5.74, 6) is 0.837. The van der Waals surface area contributed by atoms with Crippen LogP contribution in [-0.4, -0.2) is 35.8 Å². The molecule has 1 atom stereocenters. The highest BCUT2D eigenvalue weighted by molar-refractivity contribution is 7.79. The second-order valence-corrected chi connectivity index (χ2v) is 8.83. The van der Waals surface area contributed by atoms with Crippen LogP contribution >= 0.6 is 0 Å². The lowest BCUT2D eigenvalue weighted by Crippen LogP contribution is -2.47. The Balaban J connectivity index is 1.59. The Morgan fingerprint density at radius 2 is 1.97 bits per heavy atom. The van der Waals surface area contributed by atoms with Crippen molar-refractivity contribution in [3.05, 3.63) is 36.5 Å². The minimum absolute atomic E-state index is 0.205. The maximum atomic E-state index is 15.4. The first-order valence-electron chi connectivity index (χ1n) is 10.4. The van der Waals surface area contributed by atoms with Crippen molar-refractivity contribution in [1.82, 2.24) is 14.5 Å². The fourth-order valence-electron chi connectivity index (χ4n) is 4.57. The molecule has 1 unspecified atom stereocenters. The fourth-order valence-corrected chi connectivity index (χ4v) is 4.93. The van der Waals surface area contributed by atoms with Crippen molar-refractivity contribution in [2.24, 2.45) is 5.10 Å². The van der Waals surface area contributed by atoms with Crippen molar-refractivity contribution in [3.8, 4) is 0 Å². The molecule has 1 aromatic carbocycles. The van der Waals surface area contributed by atoms with Gasteiger partial charge < -0.3 is 9.87 Å². The molecule has 162 valence electrons. The van der Waals surface area contributed by atoms with Crippen molar-refractivity contribution in [2.45, 2.75) is 49.5 Å². The summed E-state index contributed by atoms with van der Waals surface area (Å²) in [7, 11) is 0. The van der Waals surface area contributed by atoms with E-state index in [-0.39, 0.29) is 10.9 Å². The molecule has 0 amide bonds. The first-order valence-corrected chi connectivity index (χ1v) is 11.5. The van der Waals surface area contributed by atoms with Crippen LogP contribution in [0, 0.1) is 0 Å². The third-order valence-corrected chi connectivity index (χ3v) is 6.75. The van der Waals surface area contributed by atoms with Gasteiger partial charge in [-0.05, 0) is 61.2 Å². The summed E-state index contributed by atoms with van der Waals surface area (Å²) in [5, 5.41) is 9.88. The molecule has 10 heteroatoms. The molecule has 0 saturated heterocycles. The molecular formula is C21H22FN6O2S-. The van der Waals surface area contributed by atoms with Crippen LogP contribution in [0.3, 0.4) is 0 Å². The van der Waals surface area contributed by atoms with Crippen LogP contribution in [0.4, 0.5) is 21.8 Å². The summed E-state index contributed by atoms with van der Waals surface area (Å²) in [6, 6.07) is 8.28. The number of fused-ring (bicyclic) bond motifs is 4. The lowest BCUT2D eigenvalue weighted by molar-refractivity contribution is 0.262.